The van der Waals surface area contributed by atoms with E-state index in [0.717, 1.165) is 36.4 Å². The SMILES string of the molecule is COC(NC1(c2ccc(SC)cc2)CC1)C1=CNC2C(=C1)OCCN2c1ccc(F)cc1. The number of methoxy groups -OCH3 is 1. The Morgan fingerprint density at radius 2 is 1.94 bits per heavy atom. The molecule has 1 saturated carbocycles. The average molecular weight is 454 g/mol. The quantitative estimate of drug-likeness (QED) is 0.481. The van der Waals surface area contributed by atoms with Crippen LogP contribution in [0.1, 0.15) is 18.4 Å². The van der Waals surface area contributed by atoms with Crippen LogP contribution >= 0.6 is 11.8 Å². The zero-order chi connectivity index (χ0) is 22.1. The molecule has 0 aromatic heterocycles. The number of dihydropyridines is 1. The van der Waals surface area contributed by atoms with E-state index in [0.29, 0.717) is 6.61 Å². The highest BCUT2D eigenvalue weighted by Crippen LogP contribution is 2.46. The highest BCUT2D eigenvalue weighted by molar-refractivity contribution is 7.98. The molecule has 0 spiro atoms. The van der Waals surface area contributed by atoms with Gasteiger partial charge in [-0.1, -0.05) is 12.1 Å². The van der Waals surface area contributed by atoms with Crippen molar-refractivity contribution in [2.75, 3.05) is 31.4 Å². The maximum Gasteiger partial charge on any atom is 0.158 e. The van der Waals surface area contributed by atoms with E-state index in [1.54, 1.807) is 31.0 Å². The molecule has 0 amide bonds. The first-order valence-electron chi connectivity index (χ1n) is 10.9. The zero-order valence-corrected chi connectivity index (χ0v) is 19.1. The van der Waals surface area contributed by atoms with E-state index in [4.69, 9.17) is 9.47 Å². The summed E-state index contributed by atoms with van der Waals surface area (Å²) >= 11 is 1.75. The van der Waals surface area contributed by atoms with Gasteiger partial charge in [0.25, 0.3) is 0 Å². The summed E-state index contributed by atoms with van der Waals surface area (Å²) in [6, 6.07) is 15.4. The Balaban J connectivity index is 1.32. The van der Waals surface area contributed by atoms with Gasteiger partial charge in [0.1, 0.15) is 24.4 Å². The van der Waals surface area contributed by atoms with Crippen LogP contribution in [0.2, 0.25) is 0 Å². The van der Waals surface area contributed by atoms with Crippen molar-refractivity contribution in [3.63, 3.8) is 0 Å². The minimum absolute atomic E-state index is 0.0542. The lowest BCUT2D eigenvalue weighted by molar-refractivity contribution is 0.0866. The molecule has 0 bridgehead atoms. The summed E-state index contributed by atoms with van der Waals surface area (Å²) in [5.41, 5.74) is 3.19. The number of anilines is 1. The molecule has 2 aromatic carbocycles. The van der Waals surface area contributed by atoms with E-state index in [1.807, 2.05) is 6.20 Å². The number of rotatable bonds is 7. The summed E-state index contributed by atoms with van der Waals surface area (Å²) in [7, 11) is 1.72. The van der Waals surface area contributed by atoms with E-state index in [9.17, 15) is 4.39 Å². The van der Waals surface area contributed by atoms with Crippen molar-refractivity contribution in [3.8, 4) is 0 Å². The fourth-order valence-corrected chi connectivity index (χ4v) is 4.85. The molecular weight excluding hydrogens is 425 g/mol. The summed E-state index contributed by atoms with van der Waals surface area (Å²) < 4.78 is 25.2. The van der Waals surface area contributed by atoms with Gasteiger partial charge in [-0.25, -0.2) is 4.39 Å². The van der Waals surface area contributed by atoms with Crippen LogP contribution in [0.5, 0.6) is 0 Å². The second-order valence-corrected chi connectivity index (χ2v) is 9.23. The van der Waals surface area contributed by atoms with Gasteiger partial charge in [-0.15, -0.1) is 11.8 Å². The van der Waals surface area contributed by atoms with Gasteiger partial charge in [0.15, 0.2) is 6.17 Å². The molecule has 2 aliphatic heterocycles. The molecule has 2 fully saturated rings. The molecule has 3 aliphatic rings. The monoisotopic (exact) mass is 453 g/mol. The van der Waals surface area contributed by atoms with Crippen LogP contribution in [0.15, 0.2) is 77.0 Å². The van der Waals surface area contributed by atoms with Gasteiger partial charge in [0.05, 0.1) is 6.54 Å². The van der Waals surface area contributed by atoms with Crippen molar-refractivity contribution in [2.24, 2.45) is 0 Å². The first-order valence-corrected chi connectivity index (χ1v) is 12.1. The van der Waals surface area contributed by atoms with E-state index in [2.05, 4.69) is 52.1 Å². The Labute approximate surface area is 192 Å². The van der Waals surface area contributed by atoms with Crippen molar-refractivity contribution in [2.45, 2.75) is 35.7 Å². The number of ether oxygens (including phenoxy) is 2. The minimum Gasteiger partial charge on any atom is -0.492 e. The number of hydrogen-bond donors (Lipinski definition) is 2. The van der Waals surface area contributed by atoms with E-state index in [-0.39, 0.29) is 23.7 Å². The number of morpholine rings is 1. The third-order valence-electron chi connectivity index (χ3n) is 6.40. The van der Waals surface area contributed by atoms with Crippen molar-refractivity contribution in [3.05, 3.63) is 83.5 Å². The van der Waals surface area contributed by atoms with Gasteiger partial charge in [-0.3, -0.25) is 5.32 Å². The summed E-state index contributed by atoms with van der Waals surface area (Å²) in [5, 5.41) is 7.19. The second-order valence-electron chi connectivity index (χ2n) is 8.35. The lowest BCUT2D eigenvalue weighted by Crippen LogP contribution is -2.53. The number of benzene rings is 2. The predicted molar refractivity (Wildman–Crippen MR) is 126 cm³/mol. The average Bonchev–Trinajstić information content (AvgIpc) is 3.63. The van der Waals surface area contributed by atoms with E-state index >= 15 is 0 Å². The normalized spacial score (nSPS) is 22.1. The maximum absolute atomic E-state index is 13.4. The third-order valence-corrected chi connectivity index (χ3v) is 7.14. The van der Waals surface area contributed by atoms with E-state index in [1.165, 1.54) is 22.6 Å². The maximum atomic E-state index is 13.4. The third kappa shape index (κ3) is 4.12. The van der Waals surface area contributed by atoms with Gasteiger partial charge >= 0.3 is 0 Å². The largest absolute Gasteiger partial charge is 0.492 e. The standard InChI is InChI=1S/C25H28FN3O2S/c1-30-24(28-25(11-12-25)18-3-9-21(32-2)10-4-18)17-15-22-23(27-16-17)29(13-14-31-22)20-7-5-19(26)6-8-20/h3-10,15-16,23-24,27-28H,11-14H2,1-2H3. The van der Waals surface area contributed by atoms with Crippen LogP contribution in [0.4, 0.5) is 10.1 Å². The van der Waals surface area contributed by atoms with E-state index < -0.39 is 0 Å². The number of thioether (sulfide) groups is 1. The molecular formula is C25H28FN3O2S. The Kier molecular flexibility index (Phi) is 5.88. The molecule has 32 heavy (non-hydrogen) atoms. The Hall–Kier alpha value is -2.48. The molecule has 2 aromatic rings. The zero-order valence-electron chi connectivity index (χ0n) is 18.3. The molecule has 7 heteroatoms. The lowest BCUT2D eigenvalue weighted by Gasteiger charge is -2.41. The van der Waals surface area contributed by atoms with Gasteiger partial charge in [-0.2, -0.15) is 0 Å². The fourth-order valence-electron chi connectivity index (χ4n) is 4.44. The predicted octanol–water partition coefficient (Wildman–Crippen LogP) is 4.33. The van der Waals surface area contributed by atoms with Gasteiger partial charge in [-0.05, 0) is 67.1 Å². The number of fused-ring (bicyclic) bond motifs is 1. The van der Waals surface area contributed by atoms with Crippen molar-refractivity contribution < 1.29 is 13.9 Å². The van der Waals surface area contributed by atoms with Crippen molar-refractivity contribution in [1.82, 2.24) is 10.6 Å². The highest BCUT2D eigenvalue weighted by atomic mass is 32.2. The van der Waals surface area contributed by atoms with Crippen LogP contribution in [-0.4, -0.2) is 38.9 Å². The molecule has 168 valence electrons. The molecule has 2 heterocycles. The summed E-state index contributed by atoms with van der Waals surface area (Å²) in [5.74, 6) is 0.610. The molecule has 2 atom stereocenters. The van der Waals surface area contributed by atoms with Crippen LogP contribution < -0.4 is 15.5 Å². The summed E-state index contributed by atoms with van der Waals surface area (Å²) in [6.45, 7) is 1.30. The van der Waals surface area contributed by atoms with Crippen LogP contribution in [0, 0.1) is 5.82 Å². The lowest BCUT2D eigenvalue weighted by atomic mass is 10.0. The van der Waals surface area contributed by atoms with Crippen LogP contribution in [0.3, 0.4) is 0 Å². The van der Waals surface area contributed by atoms with Crippen LogP contribution in [0.25, 0.3) is 0 Å². The number of nitrogens with one attached hydrogen (secondary N) is 2. The van der Waals surface area contributed by atoms with Gasteiger partial charge in [0.2, 0.25) is 0 Å². The molecule has 5 nitrogen and oxygen atoms in total. The first kappa shape index (κ1) is 21.4. The second kappa shape index (κ2) is 8.81. The van der Waals surface area contributed by atoms with Crippen LogP contribution in [-0.2, 0) is 15.0 Å². The Morgan fingerprint density at radius 3 is 2.59 bits per heavy atom. The molecule has 0 radical (unpaired) electrons. The Morgan fingerprint density at radius 1 is 1.19 bits per heavy atom. The molecule has 2 unspecified atom stereocenters. The molecule has 1 saturated heterocycles. The molecule has 5 rings (SSSR count). The molecule has 2 N–H and O–H groups in total. The minimum atomic E-state index is -0.261. The summed E-state index contributed by atoms with van der Waals surface area (Å²) in [6.07, 6.45) is 7.93. The first-order chi connectivity index (χ1) is 15.6. The van der Waals surface area contributed by atoms with Crippen molar-refractivity contribution in [1.29, 1.82) is 0 Å². The fraction of sp³-hybridized carbons (Fsp3) is 0.360. The molecule has 1 aliphatic carbocycles. The smallest absolute Gasteiger partial charge is 0.158 e. The number of hydrogen-bond acceptors (Lipinski definition) is 6. The summed E-state index contributed by atoms with van der Waals surface area (Å²) in [4.78, 5) is 3.45. The number of nitrogens with zero attached hydrogens (tertiary/aromatic N) is 1. The van der Waals surface area contributed by atoms with Gasteiger partial charge < -0.3 is 19.7 Å². The highest BCUT2D eigenvalue weighted by Gasteiger charge is 2.46. The number of halogens is 1. The van der Waals surface area contributed by atoms with Crippen molar-refractivity contribution >= 4 is 17.4 Å². The topological polar surface area (TPSA) is 45.8 Å². The Bertz CT molecular complexity index is 1020. The van der Waals surface area contributed by atoms with Gasteiger partial charge in [0, 0.05) is 35.0 Å².